The van der Waals surface area contributed by atoms with Gasteiger partial charge in [-0.3, -0.25) is 9.59 Å². The fourth-order valence-electron chi connectivity index (χ4n) is 3.05. The number of nitrogens with two attached hydrogens (primary N) is 1. The normalized spacial score (nSPS) is 11.2. The lowest BCUT2D eigenvalue weighted by molar-refractivity contribution is 0.0996. The van der Waals surface area contributed by atoms with Gasteiger partial charge in [-0.25, -0.2) is 14.5 Å². The SMILES string of the molecule is NC(=O)c1cnn2c(C(=O)Nc3ccc4nc(-c5ccco5)[nH]c4c3)ccnc12. The Labute approximate surface area is 162 Å². The minimum Gasteiger partial charge on any atom is -0.461 e. The molecule has 2 amide bonds. The van der Waals surface area contributed by atoms with Crippen molar-refractivity contribution in [3.63, 3.8) is 0 Å². The smallest absolute Gasteiger partial charge is 0.274 e. The van der Waals surface area contributed by atoms with E-state index < -0.39 is 11.8 Å². The van der Waals surface area contributed by atoms with Crippen molar-refractivity contribution >= 4 is 34.2 Å². The van der Waals surface area contributed by atoms with E-state index in [1.165, 1.54) is 23.0 Å². The van der Waals surface area contributed by atoms with Gasteiger partial charge in [-0.2, -0.15) is 5.10 Å². The van der Waals surface area contributed by atoms with E-state index >= 15 is 0 Å². The molecule has 0 spiro atoms. The molecule has 5 aromatic rings. The van der Waals surface area contributed by atoms with E-state index in [1.54, 1.807) is 36.6 Å². The number of rotatable bonds is 4. The minimum absolute atomic E-state index is 0.143. The lowest BCUT2D eigenvalue weighted by Crippen LogP contribution is -2.17. The van der Waals surface area contributed by atoms with Gasteiger partial charge in [-0.05, 0) is 36.4 Å². The van der Waals surface area contributed by atoms with Crippen molar-refractivity contribution in [2.45, 2.75) is 0 Å². The van der Waals surface area contributed by atoms with E-state index in [0.29, 0.717) is 17.3 Å². The van der Waals surface area contributed by atoms with E-state index in [4.69, 9.17) is 10.2 Å². The van der Waals surface area contributed by atoms with E-state index in [1.807, 2.05) is 0 Å². The van der Waals surface area contributed by atoms with E-state index in [9.17, 15) is 9.59 Å². The molecule has 0 saturated carbocycles. The minimum atomic E-state index is -0.665. The van der Waals surface area contributed by atoms with Gasteiger partial charge in [0.2, 0.25) is 0 Å². The first-order valence-electron chi connectivity index (χ1n) is 8.58. The Morgan fingerprint density at radius 1 is 1.21 bits per heavy atom. The zero-order chi connectivity index (χ0) is 20.0. The van der Waals surface area contributed by atoms with Crippen LogP contribution in [0.1, 0.15) is 20.8 Å². The Hall–Kier alpha value is -4.47. The van der Waals surface area contributed by atoms with Gasteiger partial charge in [0.05, 0.1) is 23.5 Å². The molecule has 1 aromatic carbocycles. The number of carbonyl (C=O) groups excluding carboxylic acids is 2. The Morgan fingerprint density at radius 3 is 2.90 bits per heavy atom. The Morgan fingerprint density at radius 2 is 2.10 bits per heavy atom. The summed E-state index contributed by atoms with van der Waals surface area (Å²) >= 11 is 0. The van der Waals surface area contributed by atoms with Crippen LogP contribution in [0.25, 0.3) is 28.3 Å². The van der Waals surface area contributed by atoms with Crippen LogP contribution in [0.3, 0.4) is 0 Å². The van der Waals surface area contributed by atoms with Gasteiger partial charge in [0.1, 0.15) is 11.3 Å². The summed E-state index contributed by atoms with van der Waals surface area (Å²) in [5.74, 6) is 0.138. The number of anilines is 1. The number of hydrogen-bond acceptors (Lipinski definition) is 6. The molecule has 4 aromatic heterocycles. The fraction of sp³-hybridized carbons (Fsp3) is 0. The van der Waals surface area contributed by atoms with E-state index in [2.05, 4.69) is 25.4 Å². The number of aromatic nitrogens is 5. The summed E-state index contributed by atoms with van der Waals surface area (Å²) in [5.41, 5.74) is 7.92. The van der Waals surface area contributed by atoms with Crippen molar-refractivity contribution in [1.29, 1.82) is 0 Å². The third-order valence-corrected chi connectivity index (χ3v) is 4.39. The summed E-state index contributed by atoms with van der Waals surface area (Å²) in [5, 5.41) is 6.86. The first kappa shape index (κ1) is 16.7. The molecule has 0 unspecified atom stereocenters. The third-order valence-electron chi connectivity index (χ3n) is 4.39. The number of imidazole rings is 1. The van der Waals surface area contributed by atoms with E-state index in [0.717, 1.165) is 11.0 Å². The number of hydrogen-bond donors (Lipinski definition) is 3. The molecule has 0 saturated heterocycles. The Balaban J connectivity index is 1.47. The first-order chi connectivity index (χ1) is 14.1. The van der Waals surface area contributed by atoms with Gasteiger partial charge >= 0.3 is 0 Å². The number of furan rings is 1. The summed E-state index contributed by atoms with van der Waals surface area (Å²) in [6, 6.07) is 10.4. The Kier molecular flexibility index (Phi) is 3.63. The monoisotopic (exact) mass is 387 g/mol. The lowest BCUT2D eigenvalue weighted by atomic mass is 10.2. The van der Waals surface area contributed by atoms with Crippen molar-refractivity contribution in [2.24, 2.45) is 5.73 Å². The molecule has 0 aliphatic heterocycles. The molecule has 0 radical (unpaired) electrons. The molecule has 4 heterocycles. The van der Waals surface area contributed by atoms with Crippen LogP contribution in [0.2, 0.25) is 0 Å². The molecule has 4 N–H and O–H groups in total. The van der Waals surface area contributed by atoms with Crippen LogP contribution in [-0.4, -0.2) is 36.4 Å². The zero-order valence-corrected chi connectivity index (χ0v) is 14.8. The molecule has 142 valence electrons. The first-order valence-corrected chi connectivity index (χ1v) is 8.58. The maximum Gasteiger partial charge on any atom is 0.274 e. The fourth-order valence-corrected chi connectivity index (χ4v) is 3.05. The second-order valence-corrected chi connectivity index (χ2v) is 6.24. The highest BCUT2D eigenvalue weighted by Gasteiger charge is 2.17. The van der Waals surface area contributed by atoms with Gasteiger partial charge < -0.3 is 20.5 Å². The molecular formula is C19H13N7O3. The molecular weight excluding hydrogens is 374 g/mol. The van der Waals surface area contributed by atoms with Gasteiger partial charge in [0, 0.05) is 11.9 Å². The number of carbonyl (C=O) groups is 2. The van der Waals surface area contributed by atoms with Gasteiger partial charge in [0.15, 0.2) is 17.2 Å². The average Bonchev–Trinajstić information content (AvgIpc) is 3.44. The van der Waals surface area contributed by atoms with Gasteiger partial charge in [0.25, 0.3) is 11.8 Å². The van der Waals surface area contributed by atoms with Gasteiger partial charge in [-0.15, -0.1) is 0 Å². The van der Waals surface area contributed by atoms with Crippen molar-refractivity contribution in [1.82, 2.24) is 24.6 Å². The second kappa shape index (κ2) is 6.30. The van der Waals surface area contributed by atoms with Crippen LogP contribution in [0, 0.1) is 0 Å². The molecule has 10 heteroatoms. The highest BCUT2D eigenvalue weighted by molar-refractivity contribution is 6.05. The number of amides is 2. The summed E-state index contributed by atoms with van der Waals surface area (Å²) in [7, 11) is 0. The maximum absolute atomic E-state index is 12.8. The number of aromatic amines is 1. The standard InChI is InChI=1S/C19H13N7O3/c20-16(27)11-9-22-26-14(5-6-21-18(11)26)19(28)23-10-3-4-12-13(8-10)25-17(24-12)15-2-1-7-29-15/h1-9H,(H2,20,27)(H,23,28)(H,24,25). The van der Waals surface area contributed by atoms with Crippen LogP contribution in [0.15, 0.2) is 59.5 Å². The molecule has 0 fully saturated rings. The quantitative estimate of drug-likeness (QED) is 0.431. The van der Waals surface area contributed by atoms with Gasteiger partial charge in [-0.1, -0.05) is 0 Å². The molecule has 0 bridgehead atoms. The Bertz CT molecular complexity index is 1380. The third kappa shape index (κ3) is 2.79. The summed E-state index contributed by atoms with van der Waals surface area (Å²) < 4.78 is 6.63. The predicted molar refractivity (Wildman–Crippen MR) is 103 cm³/mol. The highest BCUT2D eigenvalue weighted by Crippen LogP contribution is 2.23. The van der Waals surface area contributed by atoms with Crippen molar-refractivity contribution in [3.05, 3.63) is 66.3 Å². The zero-order valence-electron chi connectivity index (χ0n) is 14.8. The van der Waals surface area contributed by atoms with Crippen LogP contribution in [0.5, 0.6) is 0 Å². The largest absolute Gasteiger partial charge is 0.461 e. The average molecular weight is 387 g/mol. The highest BCUT2D eigenvalue weighted by atomic mass is 16.3. The predicted octanol–water partition coefficient (Wildman–Crippen LogP) is 2.22. The topological polar surface area (TPSA) is 144 Å². The number of benzene rings is 1. The molecule has 5 rings (SSSR count). The molecule has 29 heavy (non-hydrogen) atoms. The summed E-state index contributed by atoms with van der Waals surface area (Å²) in [6.07, 6.45) is 4.28. The summed E-state index contributed by atoms with van der Waals surface area (Å²) in [6.45, 7) is 0. The lowest BCUT2D eigenvalue weighted by Gasteiger charge is -2.07. The van der Waals surface area contributed by atoms with Crippen LogP contribution in [-0.2, 0) is 0 Å². The number of fused-ring (bicyclic) bond motifs is 2. The number of H-pyrrole nitrogens is 1. The molecule has 0 aliphatic carbocycles. The molecule has 10 nitrogen and oxygen atoms in total. The number of nitrogens with zero attached hydrogens (tertiary/aromatic N) is 4. The van der Waals surface area contributed by atoms with Crippen molar-refractivity contribution in [2.75, 3.05) is 5.32 Å². The maximum atomic E-state index is 12.8. The van der Waals surface area contributed by atoms with Crippen molar-refractivity contribution in [3.8, 4) is 11.6 Å². The summed E-state index contributed by atoms with van der Waals surface area (Å²) in [4.78, 5) is 36.0. The van der Waals surface area contributed by atoms with Crippen LogP contribution >= 0.6 is 0 Å². The molecule has 0 aliphatic rings. The number of nitrogens with one attached hydrogen (secondary N) is 2. The second-order valence-electron chi connectivity index (χ2n) is 6.24. The van der Waals surface area contributed by atoms with E-state index in [-0.39, 0.29) is 16.9 Å². The van der Waals surface area contributed by atoms with Crippen LogP contribution < -0.4 is 11.1 Å². The molecule has 0 atom stereocenters. The van der Waals surface area contributed by atoms with Crippen molar-refractivity contribution < 1.29 is 14.0 Å². The van der Waals surface area contributed by atoms with Crippen LogP contribution in [0.4, 0.5) is 5.69 Å². The number of primary amides is 1.